The van der Waals surface area contributed by atoms with Crippen molar-refractivity contribution >= 4 is 44.8 Å². The largest absolute Gasteiger partial charge is 0.417 e. The van der Waals surface area contributed by atoms with E-state index in [4.69, 9.17) is 11.5 Å². The Bertz CT molecular complexity index is 1470. The highest BCUT2D eigenvalue weighted by Gasteiger charge is 2.31. The van der Waals surface area contributed by atoms with Gasteiger partial charge in [-0.05, 0) is 29.2 Å². The number of hydrogen-bond donors (Lipinski definition) is 3. The number of nitrogens with zero attached hydrogens (tertiary/aromatic N) is 3. The number of nitrogen functional groups attached to an aromatic ring is 2. The van der Waals surface area contributed by atoms with Gasteiger partial charge in [-0.1, -0.05) is 38.1 Å². The van der Waals surface area contributed by atoms with Crippen LogP contribution in [0.2, 0.25) is 0 Å². The van der Waals surface area contributed by atoms with Crippen LogP contribution in [0, 0.1) is 11.3 Å². The van der Waals surface area contributed by atoms with Crippen LogP contribution in [-0.4, -0.2) is 15.9 Å². The average Bonchev–Trinajstić information content (AvgIpc) is 3.13. The van der Waals surface area contributed by atoms with E-state index in [1.165, 1.54) is 0 Å². The molecule has 0 aliphatic rings. The monoisotopic (exact) mass is 496 g/mol. The number of amides is 1. The maximum absolute atomic E-state index is 12.9. The molecule has 4 rings (SSSR count). The summed E-state index contributed by atoms with van der Waals surface area (Å²) < 4.78 is 38.3. The second-order valence-electron chi connectivity index (χ2n) is 8.04. The van der Waals surface area contributed by atoms with Crippen molar-refractivity contribution in [2.45, 2.75) is 25.9 Å². The number of rotatable bonds is 4. The third-order valence-corrected chi connectivity index (χ3v) is 6.52. The molecule has 3 aromatic heterocycles. The van der Waals surface area contributed by atoms with Crippen LogP contribution in [0.15, 0.2) is 42.6 Å². The fraction of sp³-hybridized carbons (Fsp3) is 0.167. The molecule has 0 aliphatic carbocycles. The zero-order valence-electron chi connectivity index (χ0n) is 18.6. The topological polar surface area (TPSA) is 131 Å². The van der Waals surface area contributed by atoms with Crippen molar-refractivity contribution in [2.24, 2.45) is 0 Å². The van der Waals surface area contributed by atoms with Crippen LogP contribution in [0.3, 0.4) is 0 Å². The molecule has 5 N–H and O–H groups in total. The molecule has 0 radical (unpaired) electrons. The first kappa shape index (κ1) is 24.0. The molecule has 4 aromatic rings. The number of carbonyl (C=O) groups excluding carboxylic acids is 1. The van der Waals surface area contributed by atoms with Crippen LogP contribution >= 0.6 is 11.3 Å². The van der Waals surface area contributed by atoms with E-state index in [1.807, 2.05) is 24.3 Å². The van der Waals surface area contributed by atoms with E-state index in [0.717, 1.165) is 29.0 Å². The first-order chi connectivity index (χ1) is 16.5. The van der Waals surface area contributed by atoms with E-state index in [1.54, 1.807) is 0 Å². The van der Waals surface area contributed by atoms with Crippen LogP contribution in [0.25, 0.3) is 21.3 Å². The van der Waals surface area contributed by atoms with Gasteiger partial charge >= 0.3 is 6.18 Å². The third kappa shape index (κ3) is 4.48. The van der Waals surface area contributed by atoms with Crippen molar-refractivity contribution in [1.82, 2.24) is 9.97 Å². The first-order valence-corrected chi connectivity index (χ1v) is 11.2. The summed E-state index contributed by atoms with van der Waals surface area (Å²) in [6.45, 7) is 4.12. The smallest absolute Gasteiger partial charge is 0.397 e. The Balaban J connectivity index is 1.79. The minimum Gasteiger partial charge on any atom is -0.397 e. The second kappa shape index (κ2) is 8.88. The highest BCUT2D eigenvalue weighted by molar-refractivity contribution is 7.21. The van der Waals surface area contributed by atoms with Crippen LogP contribution in [0.1, 0.15) is 46.1 Å². The summed E-state index contributed by atoms with van der Waals surface area (Å²) in [5, 5.41) is 12.6. The van der Waals surface area contributed by atoms with Gasteiger partial charge in [0.2, 0.25) is 0 Å². The lowest BCUT2D eigenvalue weighted by molar-refractivity contribution is -0.137. The van der Waals surface area contributed by atoms with Gasteiger partial charge in [0.1, 0.15) is 33.0 Å². The van der Waals surface area contributed by atoms with E-state index in [2.05, 4.69) is 35.2 Å². The number of hydrogen-bond acceptors (Lipinski definition) is 7. The predicted octanol–water partition coefficient (Wildman–Crippen LogP) is 5.79. The van der Waals surface area contributed by atoms with Crippen molar-refractivity contribution < 1.29 is 18.0 Å². The van der Waals surface area contributed by atoms with Gasteiger partial charge in [-0.2, -0.15) is 18.4 Å². The molecule has 1 aromatic carbocycles. The van der Waals surface area contributed by atoms with E-state index in [0.29, 0.717) is 33.5 Å². The van der Waals surface area contributed by atoms with Crippen molar-refractivity contribution in [1.29, 1.82) is 5.26 Å². The number of benzene rings is 1. The normalized spacial score (nSPS) is 11.6. The molecule has 0 saturated heterocycles. The maximum Gasteiger partial charge on any atom is 0.417 e. The molecule has 0 bridgehead atoms. The standard InChI is InChI=1S/C24H19F3N6OS/c1-11(2)12-3-5-13(6-4-12)17-15(9-28)21(30)33-23-18(17)19(29)20(35-23)22(34)32-16-8-7-14(10-31-16)24(25,26)27/h3-8,10-11H,29H2,1-2H3,(H2,30,33)(H,31,32,34). The number of nitriles is 1. The van der Waals surface area contributed by atoms with Gasteiger partial charge in [-0.25, -0.2) is 9.97 Å². The molecule has 0 fully saturated rings. The zero-order valence-corrected chi connectivity index (χ0v) is 19.4. The average molecular weight is 497 g/mol. The van der Waals surface area contributed by atoms with Crippen LogP contribution in [0.4, 0.5) is 30.5 Å². The Kier molecular flexibility index (Phi) is 6.08. The lowest BCUT2D eigenvalue weighted by Gasteiger charge is -2.11. The van der Waals surface area contributed by atoms with Gasteiger partial charge in [0, 0.05) is 17.1 Å². The summed E-state index contributed by atoms with van der Waals surface area (Å²) in [6.07, 6.45) is -3.91. The number of aromatic nitrogens is 2. The fourth-order valence-electron chi connectivity index (χ4n) is 3.58. The van der Waals surface area contributed by atoms with Crippen LogP contribution < -0.4 is 16.8 Å². The molecule has 0 saturated carbocycles. The van der Waals surface area contributed by atoms with Crippen LogP contribution in [0.5, 0.6) is 0 Å². The van der Waals surface area contributed by atoms with Crippen molar-refractivity contribution in [2.75, 3.05) is 16.8 Å². The summed E-state index contributed by atoms with van der Waals surface area (Å²) in [6, 6.07) is 11.5. The summed E-state index contributed by atoms with van der Waals surface area (Å²) in [5.41, 5.74) is 13.9. The molecular weight excluding hydrogens is 477 g/mol. The molecule has 0 atom stereocenters. The van der Waals surface area contributed by atoms with Crippen molar-refractivity contribution in [3.8, 4) is 17.2 Å². The molecule has 0 unspecified atom stereocenters. The van der Waals surface area contributed by atoms with Gasteiger partial charge in [-0.3, -0.25) is 4.79 Å². The van der Waals surface area contributed by atoms with Crippen molar-refractivity contribution in [3.05, 3.63) is 64.2 Å². The highest BCUT2D eigenvalue weighted by atomic mass is 32.1. The molecule has 35 heavy (non-hydrogen) atoms. The number of fused-ring (bicyclic) bond motifs is 1. The van der Waals surface area contributed by atoms with E-state index >= 15 is 0 Å². The summed E-state index contributed by atoms with van der Waals surface area (Å²) in [7, 11) is 0. The number of carbonyl (C=O) groups is 1. The lowest BCUT2D eigenvalue weighted by atomic mass is 9.94. The molecule has 1 amide bonds. The summed E-state index contributed by atoms with van der Waals surface area (Å²) in [5.74, 6) is -0.437. The van der Waals surface area contributed by atoms with E-state index in [-0.39, 0.29) is 27.8 Å². The van der Waals surface area contributed by atoms with Crippen LogP contribution in [-0.2, 0) is 6.18 Å². The summed E-state index contributed by atoms with van der Waals surface area (Å²) in [4.78, 5) is 21.3. The van der Waals surface area contributed by atoms with E-state index in [9.17, 15) is 23.2 Å². The molecular formula is C24H19F3N6OS. The SMILES string of the molecule is CC(C)c1ccc(-c2c(C#N)c(N)nc3sc(C(=O)Nc4ccc(C(F)(F)F)cn4)c(N)c23)cc1. The minimum absolute atomic E-state index is 0.000510. The second-order valence-corrected chi connectivity index (χ2v) is 9.04. The Morgan fingerprint density at radius 3 is 2.37 bits per heavy atom. The molecule has 0 aliphatic heterocycles. The Morgan fingerprint density at radius 1 is 1.14 bits per heavy atom. The van der Waals surface area contributed by atoms with Gasteiger partial charge in [0.25, 0.3) is 5.91 Å². The fourth-order valence-corrected chi connectivity index (χ4v) is 4.59. The van der Waals surface area contributed by atoms with Gasteiger partial charge in [-0.15, -0.1) is 11.3 Å². The summed E-state index contributed by atoms with van der Waals surface area (Å²) >= 11 is 0.964. The zero-order chi connectivity index (χ0) is 25.5. The number of pyridine rings is 2. The van der Waals surface area contributed by atoms with Gasteiger partial charge < -0.3 is 16.8 Å². The van der Waals surface area contributed by atoms with Gasteiger partial charge in [0.05, 0.1) is 11.3 Å². The van der Waals surface area contributed by atoms with Crippen molar-refractivity contribution in [3.63, 3.8) is 0 Å². The lowest BCUT2D eigenvalue weighted by Crippen LogP contribution is -2.14. The Morgan fingerprint density at radius 2 is 1.83 bits per heavy atom. The third-order valence-electron chi connectivity index (χ3n) is 5.42. The quantitative estimate of drug-likeness (QED) is 0.328. The minimum atomic E-state index is -4.54. The molecule has 7 nitrogen and oxygen atoms in total. The number of nitrogens with one attached hydrogen (secondary N) is 1. The molecule has 0 spiro atoms. The predicted molar refractivity (Wildman–Crippen MR) is 130 cm³/mol. The maximum atomic E-state index is 12.9. The first-order valence-electron chi connectivity index (χ1n) is 10.4. The molecule has 3 heterocycles. The van der Waals surface area contributed by atoms with Gasteiger partial charge in [0.15, 0.2) is 0 Å². The number of anilines is 3. The molecule has 178 valence electrons. The highest BCUT2D eigenvalue weighted by Crippen LogP contribution is 2.43. The molecule has 11 heteroatoms. The Hall–Kier alpha value is -4.17. The number of nitrogens with two attached hydrogens (primary N) is 2. The number of halogens is 3. The Labute approximate surface area is 202 Å². The van der Waals surface area contributed by atoms with E-state index < -0.39 is 17.6 Å². The number of alkyl halides is 3. The number of thiophene rings is 1.